The summed E-state index contributed by atoms with van der Waals surface area (Å²) >= 11 is 0. The van der Waals surface area contributed by atoms with Crippen LogP contribution < -0.4 is 16.3 Å². The molecule has 0 spiro atoms. The first kappa shape index (κ1) is 32.4. The zero-order chi connectivity index (χ0) is 36.1. The van der Waals surface area contributed by atoms with E-state index in [-0.39, 0.29) is 42.1 Å². The summed E-state index contributed by atoms with van der Waals surface area (Å²) in [7, 11) is 3.55. The predicted molar refractivity (Wildman–Crippen MR) is 197 cm³/mol. The molecule has 4 aromatic heterocycles. The van der Waals surface area contributed by atoms with E-state index in [2.05, 4.69) is 27.5 Å². The minimum atomic E-state index is -0.438. The third-order valence-electron chi connectivity index (χ3n) is 9.70. The molecule has 5 heterocycles. The second-order valence-corrected chi connectivity index (χ2v) is 12.9. The number of carbonyl (C=O) groups excluding carboxylic acids is 3. The molecule has 3 aromatic carbocycles. The van der Waals surface area contributed by atoms with Gasteiger partial charge in [-0.05, 0) is 77.2 Å². The van der Waals surface area contributed by atoms with Crippen molar-refractivity contribution in [3.05, 3.63) is 118 Å². The van der Waals surface area contributed by atoms with E-state index < -0.39 is 5.92 Å². The summed E-state index contributed by atoms with van der Waals surface area (Å²) in [4.78, 5) is 58.8. The molecule has 0 radical (unpaired) electrons. The van der Waals surface area contributed by atoms with Gasteiger partial charge in [-0.3, -0.25) is 38.8 Å². The van der Waals surface area contributed by atoms with E-state index in [4.69, 9.17) is 9.40 Å². The molecule has 256 valence electrons. The Labute approximate surface area is 297 Å². The van der Waals surface area contributed by atoms with Gasteiger partial charge < -0.3 is 9.73 Å². The monoisotopic (exact) mass is 688 g/mol. The maximum atomic E-state index is 13.0. The van der Waals surface area contributed by atoms with Gasteiger partial charge in [-0.1, -0.05) is 42.3 Å². The molecular weight excluding hydrogens is 656 g/mol. The van der Waals surface area contributed by atoms with Crippen LogP contribution >= 0.6 is 0 Å². The van der Waals surface area contributed by atoms with Gasteiger partial charge in [-0.2, -0.15) is 0 Å². The number of carbonyl (C=O) groups is 3. The Hall–Kier alpha value is -6.80. The average molecular weight is 689 g/mol. The number of furan rings is 1. The highest BCUT2D eigenvalue weighted by atomic mass is 16.3. The van der Waals surface area contributed by atoms with Crippen LogP contribution in [0.1, 0.15) is 46.1 Å². The van der Waals surface area contributed by atoms with Crippen LogP contribution in [0.4, 0.5) is 0 Å². The van der Waals surface area contributed by atoms with Gasteiger partial charge >= 0.3 is 5.69 Å². The normalized spacial score (nSPS) is 14.4. The minimum absolute atomic E-state index is 0.0685. The third kappa shape index (κ3) is 5.70. The van der Waals surface area contributed by atoms with Crippen molar-refractivity contribution in [3.8, 4) is 34.2 Å². The summed E-state index contributed by atoms with van der Waals surface area (Å²) in [5.41, 5.74) is 7.53. The number of hydrogen-bond acceptors (Lipinski definition) is 7. The fourth-order valence-corrected chi connectivity index (χ4v) is 6.99. The van der Waals surface area contributed by atoms with Crippen LogP contribution in [0.2, 0.25) is 0 Å². The quantitative estimate of drug-likeness (QED) is 0.180. The molecule has 52 heavy (non-hydrogen) atoms. The molecule has 0 aliphatic carbocycles. The van der Waals surface area contributed by atoms with Crippen molar-refractivity contribution in [3.63, 3.8) is 0 Å². The molecule has 1 saturated heterocycles. The lowest BCUT2D eigenvalue weighted by atomic mass is 9.88. The summed E-state index contributed by atoms with van der Waals surface area (Å²) in [5.74, 6) is 4.91. The first-order valence-corrected chi connectivity index (χ1v) is 16.8. The van der Waals surface area contributed by atoms with Gasteiger partial charge in [0.25, 0.3) is 5.91 Å². The van der Waals surface area contributed by atoms with E-state index in [0.29, 0.717) is 23.3 Å². The van der Waals surface area contributed by atoms with Gasteiger partial charge in [-0.25, -0.2) is 4.79 Å². The second-order valence-electron chi connectivity index (χ2n) is 12.9. The number of fused-ring (bicyclic) bond motifs is 3. The Morgan fingerprint density at radius 3 is 2.58 bits per heavy atom. The van der Waals surface area contributed by atoms with E-state index in [9.17, 15) is 19.2 Å². The van der Waals surface area contributed by atoms with Gasteiger partial charge in [0, 0.05) is 55.3 Å². The number of rotatable bonds is 5. The number of piperidine rings is 1. The number of imide groups is 1. The molecule has 3 amide bonds. The molecule has 1 atom stereocenters. The smallest absolute Gasteiger partial charge is 0.328 e. The summed E-state index contributed by atoms with van der Waals surface area (Å²) in [5, 5.41) is 7.96. The number of pyridine rings is 2. The van der Waals surface area contributed by atoms with Crippen LogP contribution in [0.5, 0.6) is 0 Å². The molecule has 7 aromatic rings. The fourth-order valence-electron chi connectivity index (χ4n) is 6.99. The van der Waals surface area contributed by atoms with Crippen molar-refractivity contribution in [1.82, 2.24) is 29.7 Å². The number of aromatic nitrogens is 4. The summed E-state index contributed by atoms with van der Waals surface area (Å²) < 4.78 is 9.18. The molecule has 0 saturated carbocycles. The topological polar surface area (TPSA) is 141 Å². The number of nitrogens with one attached hydrogen (secondary N) is 2. The number of hydrogen-bond donors (Lipinski definition) is 2. The van der Waals surface area contributed by atoms with Crippen LogP contribution in [0.25, 0.3) is 55.2 Å². The standard InChI is InChI=1S/C41H32N6O5/c1-23-17-26(33-18-24-7-4-9-28(32(24)22-43-33)25-12-14-34-35(19-25)47(3)41(51)46(34)2)21-44-38(23)40(50)42-16-6-8-27-20-31-29(10-5-11-36(31)52-27)30-13-15-37(48)45-39(30)49/h4-5,7,9-12,14,17-22,30H,13,15-16H2,1-3H3,(H,42,50)(H,45,48,49)/t30-/m1/s1. The van der Waals surface area contributed by atoms with Gasteiger partial charge in [0.15, 0.2) is 5.76 Å². The third-order valence-corrected chi connectivity index (χ3v) is 9.70. The molecule has 0 unspecified atom stereocenters. The molecule has 1 aliphatic rings. The van der Waals surface area contributed by atoms with Crippen LogP contribution in [0, 0.1) is 18.8 Å². The number of amides is 3. The number of imidazole rings is 1. The van der Waals surface area contributed by atoms with Crippen LogP contribution in [-0.4, -0.2) is 43.4 Å². The highest BCUT2D eigenvalue weighted by molar-refractivity contribution is 6.03. The number of aryl methyl sites for hydroxylation is 3. The first-order valence-electron chi connectivity index (χ1n) is 16.8. The molecule has 1 aliphatic heterocycles. The Balaban J connectivity index is 0.968. The van der Waals surface area contributed by atoms with Gasteiger partial charge in [0.05, 0.1) is 29.2 Å². The zero-order valence-corrected chi connectivity index (χ0v) is 28.6. The number of nitrogens with zero attached hydrogens (tertiary/aromatic N) is 4. The average Bonchev–Trinajstić information content (AvgIpc) is 3.66. The van der Waals surface area contributed by atoms with Crippen molar-refractivity contribution in [2.45, 2.75) is 25.7 Å². The Morgan fingerprint density at radius 1 is 0.923 bits per heavy atom. The van der Waals surface area contributed by atoms with Crippen molar-refractivity contribution in [1.29, 1.82) is 0 Å². The van der Waals surface area contributed by atoms with Gasteiger partial charge in [0.2, 0.25) is 11.8 Å². The van der Waals surface area contributed by atoms with E-state index >= 15 is 0 Å². The lowest BCUT2D eigenvalue weighted by Gasteiger charge is -2.21. The molecule has 8 rings (SSSR count). The number of benzene rings is 3. The van der Waals surface area contributed by atoms with Crippen molar-refractivity contribution >= 4 is 50.5 Å². The van der Waals surface area contributed by atoms with E-state index in [1.54, 1.807) is 41.6 Å². The van der Waals surface area contributed by atoms with Gasteiger partial charge in [-0.15, -0.1) is 0 Å². The lowest BCUT2D eigenvalue weighted by molar-refractivity contribution is -0.134. The highest BCUT2D eigenvalue weighted by Gasteiger charge is 2.29. The minimum Gasteiger partial charge on any atom is -0.448 e. The fraction of sp³-hybridized carbons (Fsp3) is 0.171. The zero-order valence-electron chi connectivity index (χ0n) is 28.6. The van der Waals surface area contributed by atoms with Crippen molar-refractivity contribution in [2.75, 3.05) is 6.54 Å². The summed E-state index contributed by atoms with van der Waals surface area (Å²) in [6, 6.07) is 23.3. The van der Waals surface area contributed by atoms with Crippen LogP contribution in [-0.2, 0) is 23.7 Å². The maximum absolute atomic E-state index is 13.0. The molecule has 11 nitrogen and oxygen atoms in total. The Bertz CT molecular complexity index is 2760. The Morgan fingerprint density at radius 2 is 1.75 bits per heavy atom. The van der Waals surface area contributed by atoms with Crippen molar-refractivity contribution < 1.29 is 18.8 Å². The largest absolute Gasteiger partial charge is 0.448 e. The van der Waals surface area contributed by atoms with Crippen molar-refractivity contribution in [2.24, 2.45) is 14.1 Å². The highest BCUT2D eigenvalue weighted by Crippen LogP contribution is 2.34. The predicted octanol–water partition coefficient (Wildman–Crippen LogP) is 5.51. The van der Waals surface area contributed by atoms with E-state index in [0.717, 1.165) is 55.1 Å². The van der Waals surface area contributed by atoms with Crippen LogP contribution in [0.3, 0.4) is 0 Å². The molecular formula is C41H32N6O5. The SMILES string of the molecule is Cc1cc(-c2cc3cccc(-c4ccc5c(c4)n(C)c(=O)n5C)c3cn2)cnc1C(=O)NCC#Cc1cc2c([C@H]3CCC(=O)NC3=O)cccc2o1. The first-order chi connectivity index (χ1) is 25.2. The molecule has 1 fully saturated rings. The summed E-state index contributed by atoms with van der Waals surface area (Å²) in [6.45, 7) is 1.90. The molecule has 0 bridgehead atoms. The van der Waals surface area contributed by atoms with Gasteiger partial charge in [0.1, 0.15) is 11.3 Å². The summed E-state index contributed by atoms with van der Waals surface area (Å²) in [6.07, 6.45) is 4.22. The lowest BCUT2D eigenvalue weighted by Crippen LogP contribution is -2.39. The Kier molecular flexibility index (Phi) is 7.99. The maximum Gasteiger partial charge on any atom is 0.328 e. The molecule has 2 N–H and O–H groups in total. The molecule has 11 heteroatoms. The van der Waals surface area contributed by atoms with E-state index in [1.165, 1.54) is 0 Å². The van der Waals surface area contributed by atoms with E-state index in [1.807, 2.05) is 73.8 Å². The second kappa shape index (κ2) is 12.8. The van der Waals surface area contributed by atoms with Crippen LogP contribution in [0.15, 0.2) is 94.4 Å².